The number of amides is 1. The van der Waals surface area contributed by atoms with Crippen LogP contribution >= 0.6 is 11.6 Å². The topological polar surface area (TPSA) is 113 Å². The molecule has 0 saturated heterocycles. The van der Waals surface area contributed by atoms with Crippen molar-refractivity contribution in [2.75, 3.05) is 29.5 Å². The van der Waals surface area contributed by atoms with Crippen LogP contribution in [0.1, 0.15) is 17.5 Å². The van der Waals surface area contributed by atoms with Gasteiger partial charge in [0, 0.05) is 30.7 Å². The average Bonchev–Trinajstić information content (AvgIpc) is 2.62. The molecule has 0 fully saturated rings. The Morgan fingerprint density at radius 2 is 1.63 bits per heavy atom. The number of benzene rings is 2. The van der Waals surface area contributed by atoms with Crippen molar-refractivity contribution in [3.05, 3.63) is 52.5 Å². The Labute approximate surface area is 182 Å². The summed E-state index contributed by atoms with van der Waals surface area (Å²) in [6, 6.07) is 9.50. The predicted octanol–water partition coefficient (Wildman–Crippen LogP) is 2.66. The first kappa shape index (κ1) is 24.1. The van der Waals surface area contributed by atoms with Gasteiger partial charge in [-0.25, -0.2) is 21.6 Å². The Kier molecular flexibility index (Phi) is 7.51. The summed E-state index contributed by atoms with van der Waals surface area (Å²) in [5.41, 5.74) is 1.79. The molecular weight excluding hydrogens is 450 g/mol. The van der Waals surface area contributed by atoms with Crippen LogP contribution in [0.2, 0.25) is 5.02 Å². The first-order chi connectivity index (χ1) is 13.8. The number of aryl methyl sites for hydroxylation is 1. The van der Waals surface area contributed by atoms with Gasteiger partial charge in [0.1, 0.15) is 0 Å². The van der Waals surface area contributed by atoms with Gasteiger partial charge in [0.25, 0.3) is 0 Å². The lowest BCUT2D eigenvalue weighted by molar-refractivity contribution is -0.116. The quantitative estimate of drug-likeness (QED) is 0.612. The zero-order chi connectivity index (χ0) is 22.7. The molecule has 0 bridgehead atoms. The van der Waals surface area contributed by atoms with Crippen molar-refractivity contribution < 1.29 is 21.6 Å². The smallest absolute Gasteiger partial charge is 0.240 e. The number of nitrogens with zero attached hydrogens (tertiary/aromatic N) is 1. The van der Waals surface area contributed by atoms with E-state index in [0.717, 1.165) is 10.6 Å². The van der Waals surface area contributed by atoms with E-state index in [9.17, 15) is 21.6 Å². The molecule has 0 spiro atoms. The first-order valence-corrected chi connectivity index (χ1v) is 12.6. The van der Waals surface area contributed by atoms with Gasteiger partial charge in [-0.3, -0.25) is 9.10 Å². The summed E-state index contributed by atoms with van der Waals surface area (Å²) in [6.07, 6.45) is 0.966. The van der Waals surface area contributed by atoms with Crippen molar-refractivity contribution in [1.82, 2.24) is 4.72 Å². The summed E-state index contributed by atoms with van der Waals surface area (Å²) in [7, 11) is -6.15. The van der Waals surface area contributed by atoms with E-state index in [-0.39, 0.29) is 23.8 Å². The van der Waals surface area contributed by atoms with Gasteiger partial charge >= 0.3 is 0 Å². The van der Waals surface area contributed by atoms with Crippen molar-refractivity contribution in [3.8, 4) is 0 Å². The van der Waals surface area contributed by atoms with E-state index >= 15 is 0 Å². The number of anilines is 2. The van der Waals surface area contributed by atoms with Gasteiger partial charge < -0.3 is 5.32 Å². The fourth-order valence-corrected chi connectivity index (χ4v) is 4.90. The zero-order valence-electron chi connectivity index (χ0n) is 17.1. The maximum Gasteiger partial charge on any atom is 0.240 e. The fraction of sp³-hybridized carbons (Fsp3) is 0.316. The standard InChI is InChI=1S/C19H24ClN3O5S2/c1-13-5-10-17(14(2)19(13)23(3)29(4,25)26)30(27,28)21-12-11-18(24)22-16-8-6-15(20)7-9-16/h5-10,21H,11-12H2,1-4H3,(H,22,24). The van der Waals surface area contributed by atoms with Crippen LogP contribution < -0.4 is 14.3 Å². The maximum absolute atomic E-state index is 12.7. The van der Waals surface area contributed by atoms with Crippen LogP contribution in [0.4, 0.5) is 11.4 Å². The Morgan fingerprint density at radius 1 is 1.03 bits per heavy atom. The molecule has 0 aliphatic rings. The maximum atomic E-state index is 12.7. The van der Waals surface area contributed by atoms with Crippen LogP contribution in [0.5, 0.6) is 0 Å². The number of hydrogen-bond acceptors (Lipinski definition) is 5. The summed E-state index contributed by atoms with van der Waals surface area (Å²) in [6.45, 7) is 3.13. The van der Waals surface area contributed by atoms with Gasteiger partial charge in [0.2, 0.25) is 26.0 Å². The van der Waals surface area contributed by atoms with Crippen LogP contribution in [0, 0.1) is 13.8 Å². The molecule has 11 heteroatoms. The highest BCUT2D eigenvalue weighted by Gasteiger charge is 2.24. The second-order valence-corrected chi connectivity index (χ2v) is 11.0. The predicted molar refractivity (Wildman–Crippen MR) is 119 cm³/mol. The largest absolute Gasteiger partial charge is 0.326 e. The first-order valence-electron chi connectivity index (χ1n) is 8.92. The van der Waals surface area contributed by atoms with E-state index in [1.807, 2.05) is 0 Å². The number of nitrogens with one attached hydrogen (secondary N) is 2. The second kappa shape index (κ2) is 9.34. The molecule has 0 aliphatic carbocycles. The third-order valence-corrected chi connectivity index (χ3v) is 7.49. The molecule has 0 aliphatic heterocycles. The van der Waals surface area contributed by atoms with Crippen molar-refractivity contribution in [2.24, 2.45) is 0 Å². The number of halogens is 1. The minimum atomic E-state index is -3.95. The lowest BCUT2D eigenvalue weighted by atomic mass is 10.1. The highest BCUT2D eigenvalue weighted by molar-refractivity contribution is 7.92. The normalized spacial score (nSPS) is 11.9. The summed E-state index contributed by atoms with van der Waals surface area (Å²) < 4.78 is 52.8. The summed E-state index contributed by atoms with van der Waals surface area (Å²) in [5, 5.41) is 3.19. The molecule has 0 aromatic heterocycles. The van der Waals surface area contributed by atoms with Gasteiger partial charge in [0.05, 0.1) is 16.8 Å². The summed E-state index contributed by atoms with van der Waals surface area (Å²) >= 11 is 5.79. The Balaban J connectivity index is 2.12. The fourth-order valence-electron chi connectivity index (χ4n) is 2.89. The number of rotatable bonds is 8. The third-order valence-electron chi connectivity index (χ3n) is 4.46. The molecule has 30 heavy (non-hydrogen) atoms. The van der Waals surface area contributed by atoms with Crippen molar-refractivity contribution in [2.45, 2.75) is 25.2 Å². The molecule has 2 N–H and O–H groups in total. The van der Waals surface area contributed by atoms with E-state index < -0.39 is 20.0 Å². The SMILES string of the molecule is Cc1ccc(S(=O)(=O)NCCC(=O)Nc2ccc(Cl)cc2)c(C)c1N(C)S(C)(=O)=O. The Bertz CT molecular complexity index is 1150. The molecule has 1 amide bonds. The zero-order valence-corrected chi connectivity index (χ0v) is 19.5. The van der Waals surface area contributed by atoms with Gasteiger partial charge in [-0.1, -0.05) is 17.7 Å². The van der Waals surface area contributed by atoms with Crippen LogP contribution in [0.3, 0.4) is 0 Å². The van der Waals surface area contributed by atoms with Crippen molar-refractivity contribution in [1.29, 1.82) is 0 Å². The number of carbonyl (C=O) groups excluding carboxylic acids is 1. The summed E-state index contributed by atoms with van der Waals surface area (Å²) in [4.78, 5) is 12.0. The van der Waals surface area contributed by atoms with Crippen LogP contribution in [-0.2, 0) is 24.8 Å². The molecule has 0 unspecified atom stereocenters. The number of hydrogen-bond donors (Lipinski definition) is 2. The average molecular weight is 474 g/mol. The van der Waals surface area contributed by atoms with E-state index in [1.165, 1.54) is 13.1 Å². The van der Waals surface area contributed by atoms with Crippen molar-refractivity contribution in [3.63, 3.8) is 0 Å². The molecule has 2 aromatic rings. The Morgan fingerprint density at radius 3 is 2.20 bits per heavy atom. The minimum Gasteiger partial charge on any atom is -0.326 e. The minimum absolute atomic E-state index is 0.0447. The lowest BCUT2D eigenvalue weighted by Crippen LogP contribution is -2.30. The second-order valence-electron chi connectivity index (χ2n) is 6.79. The van der Waals surface area contributed by atoms with Crippen LogP contribution in [0.15, 0.2) is 41.3 Å². The van der Waals surface area contributed by atoms with E-state index in [1.54, 1.807) is 44.2 Å². The van der Waals surface area contributed by atoms with Crippen LogP contribution in [-0.4, -0.2) is 42.6 Å². The molecule has 0 saturated carbocycles. The van der Waals surface area contributed by atoms with E-state index in [0.29, 0.717) is 27.5 Å². The summed E-state index contributed by atoms with van der Waals surface area (Å²) in [5.74, 6) is -0.363. The third kappa shape index (κ3) is 5.94. The molecule has 2 rings (SSSR count). The highest BCUT2D eigenvalue weighted by Crippen LogP contribution is 2.30. The van der Waals surface area contributed by atoms with E-state index in [2.05, 4.69) is 10.0 Å². The molecule has 0 atom stereocenters. The Hall–Kier alpha value is -2.14. The van der Waals surface area contributed by atoms with Crippen LogP contribution in [0.25, 0.3) is 0 Å². The molecule has 0 heterocycles. The monoisotopic (exact) mass is 473 g/mol. The van der Waals surface area contributed by atoms with Gasteiger partial charge in [0.15, 0.2) is 0 Å². The molecule has 0 radical (unpaired) electrons. The number of carbonyl (C=O) groups is 1. The number of sulfonamides is 2. The van der Waals surface area contributed by atoms with E-state index in [4.69, 9.17) is 11.6 Å². The lowest BCUT2D eigenvalue weighted by Gasteiger charge is -2.23. The van der Waals surface area contributed by atoms with Gasteiger partial charge in [-0.2, -0.15) is 0 Å². The van der Waals surface area contributed by atoms with Crippen molar-refractivity contribution >= 4 is 48.9 Å². The molecule has 164 valence electrons. The van der Waals surface area contributed by atoms with Gasteiger partial charge in [-0.15, -0.1) is 0 Å². The molecule has 8 nitrogen and oxygen atoms in total. The molecular formula is C19H24ClN3O5S2. The highest BCUT2D eigenvalue weighted by atomic mass is 35.5. The molecule has 2 aromatic carbocycles. The van der Waals surface area contributed by atoms with Gasteiger partial charge in [-0.05, 0) is 55.3 Å².